The highest BCUT2D eigenvalue weighted by Gasteiger charge is 2.32. The van der Waals surface area contributed by atoms with Crippen LogP contribution in [0.2, 0.25) is 0 Å². The third kappa shape index (κ3) is 2.54. The second-order valence-electron chi connectivity index (χ2n) is 4.59. The number of anilines is 1. The van der Waals surface area contributed by atoms with Crippen LogP contribution in [0.4, 0.5) is 5.82 Å². The molecule has 1 aliphatic rings. The van der Waals surface area contributed by atoms with E-state index in [-0.39, 0.29) is 11.1 Å². The highest BCUT2D eigenvalue weighted by molar-refractivity contribution is 5.35. The van der Waals surface area contributed by atoms with Crippen molar-refractivity contribution in [2.24, 2.45) is 5.73 Å². The number of nitrogens with one attached hydrogen (secondary N) is 1. The second kappa shape index (κ2) is 5.49. The Morgan fingerprint density at radius 3 is 2.89 bits per heavy atom. The first-order valence-corrected chi connectivity index (χ1v) is 6.32. The van der Waals surface area contributed by atoms with Crippen molar-refractivity contribution in [2.45, 2.75) is 31.8 Å². The zero-order chi connectivity index (χ0) is 13.0. The fraction of sp³-hybridized carbons (Fsp3) is 0.667. The van der Waals surface area contributed by atoms with Gasteiger partial charge < -0.3 is 20.4 Å². The maximum atomic E-state index is 12.1. The van der Waals surface area contributed by atoms with Crippen LogP contribution in [0.15, 0.2) is 17.2 Å². The zero-order valence-electron chi connectivity index (χ0n) is 10.7. The molecule has 1 saturated heterocycles. The lowest BCUT2D eigenvalue weighted by Gasteiger charge is -2.37. The van der Waals surface area contributed by atoms with Crippen LogP contribution in [-0.2, 0) is 11.3 Å². The van der Waals surface area contributed by atoms with Gasteiger partial charge in [0.1, 0.15) is 0 Å². The first kappa shape index (κ1) is 13.0. The van der Waals surface area contributed by atoms with E-state index in [1.165, 1.54) is 0 Å². The monoisotopic (exact) mass is 252 g/mol. The van der Waals surface area contributed by atoms with Crippen molar-refractivity contribution in [3.05, 3.63) is 22.7 Å². The quantitative estimate of drug-likeness (QED) is 0.799. The number of nitrogens with two attached hydrogens (primary N) is 1. The van der Waals surface area contributed by atoms with E-state index in [0.29, 0.717) is 32.1 Å². The molecule has 18 heavy (non-hydrogen) atoms. The SMILES string of the molecule is CCn1ccnc(NC2(CN)CCOCC2)c1=O. The van der Waals surface area contributed by atoms with Gasteiger partial charge >= 0.3 is 0 Å². The van der Waals surface area contributed by atoms with Crippen LogP contribution in [0.25, 0.3) is 0 Å². The van der Waals surface area contributed by atoms with Gasteiger partial charge in [-0.05, 0) is 19.8 Å². The molecule has 6 heteroatoms. The van der Waals surface area contributed by atoms with Gasteiger partial charge in [-0.15, -0.1) is 0 Å². The van der Waals surface area contributed by atoms with Gasteiger partial charge in [0, 0.05) is 38.7 Å². The molecule has 0 aromatic carbocycles. The number of ether oxygens (including phenoxy) is 1. The average molecular weight is 252 g/mol. The minimum absolute atomic E-state index is 0.0979. The van der Waals surface area contributed by atoms with Crippen molar-refractivity contribution in [1.82, 2.24) is 9.55 Å². The van der Waals surface area contributed by atoms with Gasteiger partial charge in [-0.2, -0.15) is 0 Å². The van der Waals surface area contributed by atoms with Gasteiger partial charge in [-0.25, -0.2) is 4.98 Å². The van der Waals surface area contributed by atoms with Crippen LogP contribution in [0, 0.1) is 0 Å². The number of aryl methyl sites for hydroxylation is 1. The summed E-state index contributed by atoms with van der Waals surface area (Å²) in [6, 6.07) is 0. The number of nitrogens with zero attached hydrogens (tertiary/aromatic N) is 2. The predicted molar refractivity (Wildman–Crippen MR) is 69.6 cm³/mol. The van der Waals surface area contributed by atoms with Crippen molar-refractivity contribution >= 4 is 5.82 Å². The topological polar surface area (TPSA) is 82.2 Å². The second-order valence-corrected chi connectivity index (χ2v) is 4.59. The van der Waals surface area contributed by atoms with Gasteiger partial charge in [0.15, 0.2) is 5.82 Å². The minimum Gasteiger partial charge on any atom is -0.381 e. The van der Waals surface area contributed by atoms with E-state index in [1.807, 2.05) is 6.92 Å². The van der Waals surface area contributed by atoms with E-state index < -0.39 is 0 Å². The number of hydrogen-bond donors (Lipinski definition) is 2. The summed E-state index contributed by atoms with van der Waals surface area (Å²) in [5.41, 5.74) is 5.49. The number of aromatic nitrogens is 2. The molecule has 0 radical (unpaired) electrons. The van der Waals surface area contributed by atoms with Gasteiger partial charge in [-0.1, -0.05) is 0 Å². The molecule has 3 N–H and O–H groups in total. The summed E-state index contributed by atoms with van der Waals surface area (Å²) in [6.45, 7) is 4.36. The van der Waals surface area contributed by atoms with Crippen LogP contribution in [0.1, 0.15) is 19.8 Å². The van der Waals surface area contributed by atoms with E-state index in [0.717, 1.165) is 12.8 Å². The molecule has 0 spiro atoms. The van der Waals surface area contributed by atoms with Crippen molar-refractivity contribution < 1.29 is 4.74 Å². The summed E-state index contributed by atoms with van der Waals surface area (Å²) in [5.74, 6) is 0.381. The summed E-state index contributed by atoms with van der Waals surface area (Å²) in [5, 5.41) is 3.24. The van der Waals surface area contributed by atoms with Gasteiger partial charge in [0.05, 0.1) is 5.54 Å². The molecule has 0 bridgehead atoms. The summed E-state index contributed by atoms with van der Waals surface area (Å²) in [6.07, 6.45) is 4.92. The van der Waals surface area contributed by atoms with Crippen molar-refractivity contribution in [3.8, 4) is 0 Å². The third-order valence-electron chi connectivity index (χ3n) is 3.48. The fourth-order valence-corrected chi connectivity index (χ4v) is 2.18. The smallest absolute Gasteiger partial charge is 0.293 e. The molecule has 1 aromatic rings. The van der Waals surface area contributed by atoms with E-state index in [4.69, 9.17) is 10.5 Å². The summed E-state index contributed by atoms with van der Waals surface area (Å²) in [4.78, 5) is 16.2. The minimum atomic E-state index is -0.267. The standard InChI is InChI=1S/C12H20N4O2/c1-2-16-6-5-14-10(11(16)17)15-12(9-13)3-7-18-8-4-12/h5-6H,2-4,7-9,13H2,1H3,(H,14,15). The molecule has 1 aliphatic heterocycles. The zero-order valence-corrected chi connectivity index (χ0v) is 10.7. The predicted octanol–water partition coefficient (Wildman–Crippen LogP) is 0.183. The van der Waals surface area contributed by atoms with E-state index in [2.05, 4.69) is 10.3 Å². The summed E-state index contributed by atoms with van der Waals surface area (Å²) < 4.78 is 6.96. The molecule has 0 atom stereocenters. The van der Waals surface area contributed by atoms with Gasteiger partial charge in [0.2, 0.25) is 0 Å². The van der Waals surface area contributed by atoms with Gasteiger partial charge in [-0.3, -0.25) is 4.79 Å². The molecular formula is C12H20N4O2. The van der Waals surface area contributed by atoms with Crippen LogP contribution in [-0.4, -0.2) is 34.8 Å². The molecular weight excluding hydrogens is 232 g/mol. The average Bonchev–Trinajstić information content (AvgIpc) is 2.42. The van der Waals surface area contributed by atoms with Crippen molar-refractivity contribution in [2.75, 3.05) is 25.1 Å². The molecule has 0 aliphatic carbocycles. The van der Waals surface area contributed by atoms with Crippen LogP contribution in [0.3, 0.4) is 0 Å². The molecule has 100 valence electrons. The summed E-state index contributed by atoms with van der Waals surface area (Å²) in [7, 11) is 0. The van der Waals surface area contributed by atoms with Gasteiger partial charge in [0.25, 0.3) is 5.56 Å². The molecule has 2 heterocycles. The Kier molecular flexibility index (Phi) is 3.98. The fourth-order valence-electron chi connectivity index (χ4n) is 2.18. The maximum absolute atomic E-state index is 12.1. The first-order valence-electron chi connectivity index (χ1n) is 6.32. The van der Waals surface area contributed by atoms with Crippen molar-refractivity contribution in [1.29, 1.82) is 0 Å². The van der Waals surface area contributed by atoms with Crippen molar-refractivity contribution in [3.63, 3.8) is 0 Å². The third-order valence-corrected chi connectivity index (χ3v) is 3.48. The number of rotatable bonds is 4. The van der Waals surface area contributed by atoms with E-state index in [9.17, 15) is 4.79 Å². The molecule has 1 aromatic heterocycles. The van der Waals surface area contributed by atoms with Crippen LogP contribution in [0.5, 0.6) is 0 Å². The summed E-state index contributed by atoms with van der Waals surface area (Å²) >= 11 is 0. The highest BCUT2D eigenvalue weighted by Crippen LogP contribution is 2.22. The lowest BCUT2D eigenvalue weighted by Crippen LogP contribution is -2.51. The Morgan fingerprint density at radius 2 is 2.28 bits per heavy atom. The molecule has 2 rings (SSSR count). The van der Waals surface area contributed by atoms with E-state index in [1.54, 1.807) is 17.0 Å². The molecule has 0 unspecified atom stereocenters. The molecule has 6 nitrogen and oxygen atoms in total. The first-order chi connectivity index (χ1) is 8.71. The largest absolute Gasteiger partial charge is 0.381 e. The Morgan fingerprint density at radius 1 is 1.56 bits per heavy atom. The lowest BCUT2D eigenvalue weighted by molar-refractivity contribution is 0.0626. The lowest BCUT2D eigenvalue weighted by atomic mass is 9.90. The molecule has 0 saturated carbocycles. The molecule has 1 fully saturated rings. The van der Waals surface area contributed by atoms with Crippen LogP contribution < -0.4 is 16.6 Å². The molecule has 0 amide bonds. The highest BCUT2D eigenvalue weighted by atomic mass is 16.5. The normalized spacial score (nSPS) is 18.6. The number of hydrogen-bond acceptors (Lipinski definition) is 5. The Balaban J connectivity index is 2.24. The van der Waals surface area contributed by atoms with Crippen LogP contribution >= 0.6 is 0 Å². The Bertz CT molecular complexity index is 452. The Labute approximate surface area is 106 Å². The maximum Gasteiger partial charge on any atom is 0.293 e. The van der Waals surface area contributed by atoms with E-state index >= 15 is 0 Å². The Hall–Kier alpha value is -1.40.